The molecular weight excluding hydrogens is 283 g/mol. The van der Waals surface area contributed by atoms with Gasteiger partial charge in [-0.1, -0.05) is 0 Å². The Hall–Kier alpha value is -1.93. The Bertz CT molecular complexity index is 675. The second kappa shape index (κ2) is 5.59. The van der Waals surface area contributed by atoms with Gasteiger partial charge in [0.2, 0.25) is 10.0 Å². The van der Waals surface area contributed by atoms with Crippen LogP contribution in [0.5, 0.6) is 0 Å². The SMILES string of the molecule is Cc1c(N)cc(S(=O)(=O)NCCn2ccnc2)cc1F. The van der Waals surface area contributed by atoms with Gasteiger partial charge in [0.25, 0.3) is 0 Å². The number of imidazole rings is 1. The molecule has 0 aliphatic rings. The molecule has 0 saturated heterocycles. The number of nitrogen functional groups attached to an aromatic ring is 1. The van der Waals surface area contributed by atoms with E-state index < -0.39 is 15.8 Å². The van der Waals surface area contributed by atoms with Gasteiger partial charge in [0.1, 0.15) is 5.82 Å². The van der Waals surface area contributed by atoms with Crippen LogP contribution in [-0.4, -0.2) is 24.5 Å². The lowest BCUT2D eigenvalue weighted by Gasteiger charge is -2.09. The lowest BCUT2D eigenvalue weighted by molar-refractivity contribution is 0.569. The van der Waals surface area contributed by atoms with E-state index in [2.05, 4.69) is 9.71 Å². The van der Waals surface area contributed by atoms with Gasteiger partial charge >= 0.3 is 0 Å². The first-order valence-electron chi connectivity index (χ1n) is 5.91. The van der Waals surface area contributed by atoms with E-state index in [1.165, 1.54) is 13.0 Å². The molecule has 0 aliphatic carbocycles. The van der Waals surface area contributed by atoms with Crippen molar-refractivity contribution in [1.29, 1.82) is 0 Å². The number of rotatable bonds is 5. The van der Waals surface area contributed by atoms with Gasteiger partial charge in [-0.05, 0) is 19.1 Å². The Morgan fingerprint density at radius 1 is 1.45 bits per heavy atom. The quantitative estimate of drug-likeness (QED) is 0.802. The second-order valence-corrected chi connectivity index (χ2v) is 6.08. The molecule has 6 nitrogen and oxygen atoms in total. The number of hydrogen-bond donors (Lipinski definition) is 2. The molecule has 0 atom stereocenters. The summed E-state index contributed by atoms with van der Waals surface area (Å²) in [6.45, 7) is 2.10. The fourth-order valence-corrected chi connectivity index (χ4v) is 2.71. The number of anilines is 1. The first-order chi connectivity index (χ1) is 9.40. The zero-order valence-electron chi connectivity index (χ0n) is 10.9. The summed E-state index contributed by atoms with van der Waals surface area (Å²) >= 11 is 0. The third-order valence-corrected chi connectivity index (χ3v) is 4.33. The largest absolute Gasteiger partial charge is 0.398 e. The van der Waals surface area contributed by atoms with Crippen LogP contribution in [0.15, 0.2) is 35.7 Å². The number of sulfonamides is 1. The van der Waals surface area contributed by atoms with Crippen LogP contribution in [0, 0.1) is 12.7 Å². The van der Waals surface area contributed by atoms with Crippen LogP contribution in [-0.2, 0) is 16.6 Å². The Kier molecular flexibility index (Phi) is 4.05. The number of nitrogens with two attached hydrogens (primary N) is 1. The number of nitrogens with zero attached hydrogens (tertiary/aromatic N) is 2. The Balaban J connectivity index is 2.10. The predicted octanol–water partition coefficient (Wildman–Crippen LogP) is 0.891. The number of halogens is 1. The van der Waals surface area contributed by atoms with Crippen molar-refractivity contribution in [2.24, 2.45) is 0 Å². The summed E-state index contributed by atoms with van der Waals surface area (Å²) in [4.78, 5) is 3.67. The molecule has 0 aliphatic heterocycles. The molecule has 2 aromatic rings. The minimum atomic E-state index is -3.78. The standard InChI is InChI=1S/C12H15FN4O2S/c1-9-11(13)6-10(7-12(9)14)20(18,19)16-3-5-17-4-2-15-8-17/h2,4,6-8,16H,3,5,14H2,1H3. The fraction of sp³-hybridized carbons (Fsp3) is 0.250. The molecule has 0 saturated carbocycles. The van der Waals surface area contributed by atoms with E-state index in [4.69, 9.17) is 5.73 Å². The van der Waals surface area contributed by atoms with Crippen LogP contribution in [0.1, 0.15) is 5.56 Å². The van der Waals surface area contributed by atoms with Gasteiger partial charge in [-0.3, -0.25) is 0 Å². The molecule has 0 unspecified atom stereocenters. The molecule has 1 aromatic carbocycles. The average molecular weight is 298 g/mol. The predicted molar refractivity (Wildman–Crippen MR) is 73.0 cm³/mol. The maximum absolute atomic E-state index is 13.5. The molecular formula is C12H15FN4O2S. The Morgan fingerprint density at radius 3 is 2.80 bits per heavy atom. The van der Waals surface area contributed by atoms with Crippen molar-refractivity contribution in [3.8, 4) is 0 Å². The lowest BCUT2D eigenvalue weighted by Crippen LogP contribution is -2.27. The van der Waals surface area contributed by atoms with E-state index in [-0.39, 0.29) is 22.7 Å². The monoisotopic (exact) mass is 298 g/mol. The number of benzene rings is 1. The van der Waals surface area contributed by atoms with Crippen molar-refractivity contribution in [2.45, 2.75) is 18.4 Å². The lowest BCUT2D eigenvalue weighted by atomic mass is 10.2. The van der Waals surface area contributed by atoms with E-state index in [1.807, 2.05) is 0 Å². The summed E-state index contributed by atoms with van der Waals surface area (Å²) in [5.74, 6) is -0.639. The molecule has 2 rings (SSSR count). The third-order valence-electron chi connectivity index (χ3n) is 2.89. The van der Waals surface area contributed by atoms with Crippen molar-refractivity contribution < 1.29 is 12.8 Å². The molecule has 0 spiro atoms. The molecule has 108 valence electrons. The summed E-state index contributed by atoms with van der Waals surface area (Å²) in [5.41, 5.74) is 5.93. The van der Waals surface area contributed by atoms with Gasteiger partial charge in [-0.2, -0.15) is 0 Å². The summed E-state index contributed by atoms with van der Waals surface area (Å²) in [6.07, 6.45) is 4.90. The smallest absolute Gasteiger partial charge is 0.240 e. The fourth-order valence-electron chi connectivity index (χ4n) is 1.64. The highest BCUT2D eigenvalue weighted by Crippen LogP contribution is 2.20. The molecule has 0 fully saturated rings. The van der Waals surface area contributed by atoms with Crippen LogP contribution >= 0.6 is 0 Å². The summed E-state index contributed by atoms with van der Waals surface area (Å²) in [6, 6.07) is 2.21. The molecule has 0 amide bonds. The molecule has 1 heterocycles. The first kappa shape index (κ1) is 14.5. The zero-order valence-corrected chi connectivity index (χ0v) is 11.7. The highest BCUT2D eigenvalue weighted by Gasteiger charge is 2.16. The van der Waals surface area contributed by atoms with Crippen molar-refractivity contribution in [3.63, 3.8) is 0 Å². The van der Waals surface area contributed by atoms with E-state index in [9.17, 15) is 12.8 Å². The molecule has 1 aromatic heterocycles. The minimum absolute atomic E-state index is 0.111. The minimum Gasteiger partial charge on any atom is -0.398 e. The molecule has 0 radical (unpaired) electrons. The highest BCUT2D eigenvalue weighted by atomic mass is 32.2. The van der Waals surface area contributed by atoms with Crippen LogP contribution in [0.3, 0.4) is 0 Å². The number of nitrogens with one attached hydrogen (secondary N) is 1. The average Bonchev–Trinajstić information content (AvgIpc) is 2.88. The normalized spacial score (nSPS) is 11.7. The van der Waals surface area contributed by atoms with Crippen molar-refractivity contribution >= 4 is 15.7 Å². The van der Waals surface area contributed by atoms with Crippen molar-refractivity contribution in [2.75, 3.05) is 12.3 Å². The maximum Gasteiger partial charge on any atom is 0.240 e. The molecule has 8 heteroatoms. The Morgan fingerprint density at radius 2 is 2.20 bits per heavy atom. The third kappa shape index (κ3) is 3.14. The number of aromatic nitrogens is 2. The van der Waals surface area contributed by atoms with Gasteiger partial charge in [0, 0.05) is 36.7 Å². The van der Waals surface area contributed by atoms with Crippen molar-refractivity contribution in [1.82, 2.24) is 14.3 Å². The maximum atomic E-state index is 13.5. The first-order valence-corrected chi connectivity index (χ1v) is 7.39. The summed E-state index contributed by atoms with van der Waals surface area (Å²) in [5, 5.41) is 0. The van der Waals surface area contributed by atoms with E-state index >= 15 is 0 Å². The molecule has 20 heavy (non-hydrogen) atoms. The molecule has 0 bridgehead atoms. The van der Waals surface area contributed by atoms with Gasteiger partial charge in [0.05, 0.1) is 11.2 Å². The highest BCUT2D eigenvalue weighted by molar-refractivity contribution is 7.89. The Labute approximate surface area is 116 Å². The van der Waals surface area contributed by atoms with E-state index in [0.29, 0.717) is 6.54 Å². The van der Waals surface area contributed by atoms with Crippen LogP contribution < -0.4 is 10.5 Å². The van der Waals surface area contributed by atoms with Gasteiger partial charge in [-0.25, -0.2) is 22.5 Å². The van der Waals surface area contributed by atoms with Crippen LogP contribution in [0.4, 0.5) is 10.1 Å². The zero-order chi connectivity index (χ0) is 14.8. The van der Waals surface area contributed by atoms with E-state index in [1.54, 1.807) is 23.3 Å². The topological polar surface area (TPSA) is 90.0 Å². The van der Waals surface area contributed by atoms with E-state index in [0.717, 1.165) is 6.07 Å². The second-order valence-electron chi connectivity index (χ2n) is 4.32. The van der Waals surface area contributed by atoms with Crippen molar-refractivity contribution in [3.05, 3.63) is 42.2 Å². The number of hydrogen-bond acceptors (Lipinski definition) is 4. The summed E-state index contributed by atoms with van der Waals surface area (Å²) in [7, 11) is -3.78. The van der Waals surface area contributed by atoms with Gasteiger partial charge in [-0.15, -0.1) is 0 Å². The van der Waals surface area contributed by atoms with Crippen LogP contribution in [0.25, 0.3) is 0 Å². The summed E-state index contributed by atoms with van der Waals surface area (Å²) < 4.78 is 41.7. The van der Waals surface area contributed by atoms with Gasteiger partial charge < -0.3 is 10.3 Å². The molecule has 3 N–H and O–H groups in total. The van der Waals surface area contributed by atoms with Crippen LogP contribution in [0.2, 0.25) is 0 Å². The van der Waals surface area contributed by atoms with Gasteiger partial charge in [0.15, 0.2) is 0 Å².